The third kappa shape index (κ3) is 2.82. The molecule has 0 bridgehead atoms. The quantitative estimate of drug-likeness (QED) is 0.722. The lowest BCUT2D eigenvalue weighted by Crippen LogP contribution is -2.19. The van der Waals surface area contributed by atoms with Gasteiger partial charge in [0.05, 0.1) is 16.6 Å². The summed E-state index contributed by atoms with van der Waals surface area (Å²) in [6.45, 7) is 0. The molecule has 9 heteroatoms. The van der Waals surface area contributed by atoms with Crippen molar-refractivity contribution in [3.05, 3.63) is 57.9 Å². The Kier molecular flexibility index (Phi) is 3.72. The van der Waals surface area contributed by atoms with Crippen molar-refractivity contribution in [3.8, 4) is 11.4 Å². The molecule has 3 N–H and O–H groups in total. The average molecular weight is 368 g/mol. The Bertz CT molecular complexity index is 1170. The number of nitrogens with two attached hydrogens (primary N) is 1. The number of primary amides is 1. The van der Waals surface area contributed by atoms with Crippen LogP contribution < -0.4 is 11.2 Å². The first-order valence-corrected chi connectivity index (χ1v) is 8.10. The predicted octanol–water partition coefficient (Wildman–Crippen LogP) is 1.73. The third-order valence-electron chi connectivity index (χ3n) is 4.47. The fourth-order valence-corrected chi connectivity index (χ4v) is 2.94. The molecule has 1 aromatic carbocycles. The fourth-order valence-electron chi connectivity index (χ4n) is 2.94. The minimum atomic E-state index is -1.36. The molecule has 2 heterocycles. The first-order valence-electron chi connectivity index (χ1n) is 8.10. The number of halogens is 1. The number of hydrogen-bond acceptors (Lipinski definition) is 5. The van der Waals surface area contributed by atoms with E-state index in [0.717, 1.165) is 18.9 Å². The second kappa shape index (κ2) is 5.97. The van der Waals surface area contributed by atoms with E-state index in [-0.39, 0.29) is 28.4 Å². The summed E-state index contributed by atoms with van der Waals surface area (Å²) >= 11 is 0. The van der Waals surface area contributed by atoms with Gasteiger partial charge in [-0.1, -0.05) is 0 Å². The number of carboxylic acids is 1. The van der Waals surface area contributed by atoms with E-state index >= 15 is 0 Å². The van der Waals surface area contributed by atoms with Gasteiger partial charge >= 0.3 is 5.97 Å². The predicted molar refractivity (Wildman–Crippen MR) is 92.9 cm³/mol. The van der Waals surface area contributed by atoms with Crippen molar-refractivity contribution < 1.29 is 19.1 Å². The van der Waals surface area contributed by atoms with E-state index in [9.17, 15) is 23.9 Å². The second-order valence-electron chi connectivity index (χ2n) is 6.32. The molecule has 1 aliphatic rings. The molecule has 3 aromatic rings. The Morgan fingerprint density at radius 3 is 2.44 bits per heavy atom. The maximum absolute atomic E-state index is 14.7. The van der Waals surface area contributed by atoms with E-state index in [1.165, 1.54) is 24.7 Å². The van der Waals surface area contributed by atoms with Crippen LogP contribution in [0.1, 0.15) is 39.6 Å². The monoisotopic (exact) mass is 368 g/mol. The van der Waals surface area contributed by atoms with Gasteiger partial charge in [0, 0.05) is 30.0 Å². The number of carbonyl (C=O) groups is 2. The van der Waals surface area contributed by atoms with E-state index in [0.29, 0.717) is 5.52 Å². The van der Waals surface area contributed by atoms with E-state index in [2.05, 4.69) is 9.97 Å². The van der Waals surface area contributed by atoms with Crippen LogP contribution in [0.2, 0.25) is 0 Å². The zero-order chi connectivity index (χ0) is 19.3. The van der Waals surface area contributed by atoms with Gasteiger partial charge in [0.1, 0.15) is 11.4 Å². The van der Waals surface area contributed by atoms with Crippen molar-refractivity contribution in [1.29, 1.82) is 0 Å². The largest absolute Gasteiger partial charge is 0.477 e. The lowest BCUT2D eigenvalue weighted by molar-refractivity contribution is 0.0694. The molecule has 0 unspecified atom stereocenters. The number of amides is 1. The number of aromatic nitrogens is 3. The molecule has 0 atom stereocenters. The molecule has 0 radical (unpaired) electrons. The number of benzene rings is 1. The van der Waals surface area contributed by atoms with Gasteiger partial charge in [-0.2, -0.15) is 0 Å². The summed E-state index contributed by atoms with van der Waals surface area (Å²) in [6.07, 6.45) is 5.36. The minimum Gasteiger partial charge on any atom is -0.477 e. The molecule has 27 heavy (non-hydrogen) atoms. The van der Waals surface area contributed by atoms with Crippen LogP contribution in [0.5, 0.6) is 0 Å². The van der Waals surface area contributed by atoms with Crippen molar-refractivity contribution in [2.24, 2.45) is 5.73 Å². The lowest BCUT2D eigenvalue weighted by Gasteiger charge is -2.13. The molecule has 4 rings (SSSR count). The second-order valence-corrected chi connectivity index (χ2v) is 6.32. The Hall–Kier alpha value is -3.62. The van der Waals surface area contributed by atoms with Crippen LogP contribution in [-0.2, 0) is 0 Å². The molecule has 0 spiro atoms. The van der Waals surface area contributed by atoms with Crippen molar-refractivity contribution in [1.82, 2.24) is 14.5 Å². The van der Waals surface area contributed by atoms with Crippen LogP contribution >= 0.6 is 0 Å². The van der Waals surface area contributed by atoms with Crippen molar-refractivity contribution in [2.45, 2.75) is 18.9 Å². The summed E-state index contributed by atoms with van der Waals surface area (Å²) < 4.78 is 16.3. The normalized spacial score (nSPS) is 13.7. The number of aromatic carboxylic acids is 1. The van der Waals surface area contributed by atoms with Gasteiger partial charge < -0.3 is 15.4 Å². The molecule has 1 aliphatic carbocycles. The number of rotatable bonds is 4. The van der Waals surface area contributed by atoms with Crippen LogP contribution in [0, 0.1) is 5.82 Å². The molecule has 2 aromatic heterocycles. The van der Waals surface area contributed by atoms with Gasteiger partial charge in [0.2, 0.25) is 5.43 Å². The number of pyridine rings is 1. The fraction of sp³-hybridized carbons (Fsp3) is 0.167. The van der Waals surface area contributed by atoms with Gasteiger partial charge in [0.25, 0.3) is 5.91 Å². The van der Waals surface area contributed by atoms with Gasteiger partial charge in [-0.15, -0.1) is 0 Å². The van der Waals surface area contributed by atoms with Crippen LogP contribution in [0.4, 0.5) is 4.39 Å². The van der Waals surface area contributed by atoms with E-state index in [1.807, 2.05) is 0 Å². The van der Waals surface area contributed by atoms with Crippen LogP contribution in [0.25, 0.3) is 22.3 Å². The highest BCUT2D eigenvalue weighted by atomic mass is 19.1. The van der Waals surface area contributed by atoms with Crippen molar-refractivity contribution >= 4 is 22.8 Å². The highest BCUT2D eigenvalue weighted by molar-refractivity contribution is 5.94. The third-order valence-corrected chi connectivity index (χ3v) is 4.47. The summed E-state index contributed by atoms with van der Waals surface area (Å²) in [6, 6.07) is 2.49. The zero-order valence-corrected chi connectivity index (χ0v) is 13.8. The summed E-state index contributed by atoms with van der Waals surface area (Å²) in [5.41, 5.74) is 4.53. The summed E-state index contributed by atoms with van der Waals surface area (Å²) in [5.74, 6) is -2.80. The Balaban J connectivity index is 1.96. The first kappa shape index (κ1) is 16.8. The number of nitrogens with zero attached hydrogens (tertiary/aromatic N) is 3. The first-order chi connectivity index (χ1) is 12.9. The topological polar surface area (TPSA) is 128 Å². The lowest BCUT2D eigenvalue weighted by atomic mass is 10.1. The molecule has 136 valence electrons. The maximum Gasteiger partial charge on any atom is 0.341 e. The number of fused-ring (bicyclic) bond motifs is 1. The molecule has 1 amide bonds. The Morgan fingerprint density at radius 2 is 1.89 bits per heavy atom. The van der Waals surface area contributed by atoms with Crippen molar-refractivity contribution in [2.75, 3.05) is 0 Å². The van der Waals surface area contributed by atoms with Crippen molar-refractivity contribution in [3.63, 3.8) is 0 Å². The Labute approximate surface area is 151 Å². The van der Waals surface area contributed by atoms with Gasteiger partial charge in [0.15, 0.2) is 5.82 Å². The van der Waals surface area contributed by atoms with Crippen LogP contribution in [0.15, 0.2) is 35.5 Å². The molecule has 0 aliphatic heterocycles. The molecular formula is C18H13FN4O4. The summed E-state index contributed by atoms with van der Waals surface area (Å²) in [4.78, 5) is 42.8. The number of carboxylic acid groups (broad SMARTS) is 1. The minimum absolute atomic E-state index is 0.0168. The summed E-state index contributed by atoms with van der Waals surface area (Å²) in [5, 5.41) is 9.24. The molecular weight excluding hydrogens is 355 g/mol. The standard InChI is InChI=1S/C18H13FN4O4/c19-13-3-11-14(4-10(13)17-21-5-8(6-22-17)16(20)25)23(9-1-2-9)7-12(15(11)24)18(26)27/h3-7,9H,1-2H2,(H2,20,25)(H,26,27). The molecule has 8 nitrogen and oxygen atoms in total. The maximum atomic E-state index is 14.7. The Morgan fingerprint density at radius 1 is 1.22 bits per heavy atom. The van der Waals surface area contributed by atoms with E-state index < -0.39 is 28.7 Å². The number of hydrogen-bond donors (Lipinski definition) is 2. The smallest absolute Gasteiger partial charge is 0.341 e. The summed E-state index contributed by atoms with van der Waals surface area (Å²) in [7, 11) is 0. The SMILES string of the molecule is NC(=O)c1cnc(-c2cc3c(cc2F)c(=O)c(C(=O)O)cn3C2CC2)nc1. The van der Waals surface area contributed by atoms with Gasteiger partial charge in [-0.25, -0.2) is 19.2 Å². The molecule has 0 saturated heterocycles. The van der Waals surface area contributed by atoms with E-state index in [4.69, 9.17) is 5.73 Å². The van der Waals surface area contributed by atoms with Crippen LogP contribution in [0.3, 0.4) is 0 Å². The van der Waals surface area contributed by atoms with Crippen LogP contribution in [-0.4, -0.2) is 31.5 Å². The van der Waals surface area contributed by atoms with Gasteiger partial charge in [-0.3, -0.25) is 9.59 Å². The van der Waals surface area contributed by atoms with E-state index in [1.54, 1.807) is 4.57 Å². The molecule has 1 saturated carbocycles. The highest BCUT2D eigenvalue weighted by Gasteiger charge is 2.27. The zero-order valence-electron chi connectivity index (χ0n) is 13.8. The highest BCUT2D eigenvalue weighted by Crippen LogP contribution is 2.38. The average Bonchev–Trinajstić information content (AvgIpc) is 3.47. The molecule has 1 fully saturated rings. The number of carbonyl (C=O) groups excluding carboxylic acids is 1. The van der Waals surface area contributed by atoms with Gasteiger partial charge in [-0.05, 0) is 25.0 Å².